The van der Waals surface area contributed by atoms with Crippen LogP contribution in [0.1, 0.15) is 73.8 Å². The molecule has 2 aliphatic carbocycles. The predicted octanol–water partition coefficient (Wildman–Crippen LogP) is 2.65. The molecule has 3 atom stereocenters. The van der Waals surface area contributed by atoms with Crippen LogP contribution >= 0.6 is 0 Å². The summed E-state index contributed by atoms with van der Waals surface area (Å²) >= 11 is 0. The highest BCUT2D eigenvalue weighted by Crippen LogP contribution is 2.46. The fraction of sp³-hybridized carbons (Fsp3) is 0.414. The number of nitrogens with zero attached hydrogens (tertiary/aromatic N) is 4. The number of aromatic nitrogens is 4. The minimum absolute atomic E-state index is 0.0336. The Morgan fingerprint density at radius 2 is 2.02 bits per heavy atom. The smallest absolute Gasteiger partial charge is 0.239 e. The zero-order valence-corrected chi connectivity index (χ0v) is 23.6. The van der Waals surface area contributed by atoms with Crippen molar-refractivity contribution in [3.05, 3.63) is 76.9 Å². The molecule has 3 aliphatic rings. The summed E-state index contributed by atoms with van der Waals surface area (Å²) in [6.45, 7) is 5.91. The number of allylic oxidation sites excluding steroid dienone is 2. The molecule has 2 saturated carbocycles. The Kier molecular flexibility index (Phi) is 6.98. The van der Waals surface area contributed by atoms with Crippen LogP contribution in [0.15, 0.2) is 54.1 Å². The molecule has 0 saturated heterocycles. The zero-order chi connectivity index (χ0) is 28.7. The first-order valence-corrected chi connectivity index (χ1v) is 14.0. The number of carbonyl (C=O) groups excluding carboxylic acids is 2. The highest BCUT2D eigenvalue weighted by atomic mass is 16.5. The third kappa shape index (κ3) is 5.81. The molecule has 0 radical (unpaired) electrons. The fourth-order valence-electron chi connectivity index (χ4n) is 4.95. The molecule has 1 unspecified atom stereocenters. The number of aryl methyl sites for hydroxylation is 1. The summed E-state index contributed by atoms with van der Waals surface area (Å²) in [6.07, 6.45) is 10.3. The van der Waals surface area contributed by atoms with Gasteiger partial charge in [0.2, 0.25) is 11.8 Å². The van der Waals surface area contributed by atoms with Gasteiger partial charge >= 0.3 is 0 Å². The number of ether oxygens (including phenoxy) is 1. The lowest BCUT2D eigenvalue weighted by molar-refractivity contribution is -0.122. The van der Waals surface area contributed by atoms with Gasteiger partial charge in [-0.25, -0.2) is 15.0 Å². The van der Waals surface area contributed by atoms with E-state index in [1.54, 1.807) is 19.3 Å². The molecule has 41 heavy (non-hydrogen) atoms. The van der Waals surface area contributed by atoms with E-state index >= 15 is 0 Å². The first-order chi connectivity index (χ1) is 19.8. The van der Waals surface area contributed by atoms with Crippen molar-refractivity contribution in [1.82, 2.24) is 40.8 Å². The Bertz CT molecular complexity index is 1570. The van der Waals surface area contributed by atoms with Crippen LogP contribution in [0.2, 0.25) is 0 Å². The standard InChI is InChI=1S/C29H35N9O3/c1-15-7-8-31-27(33-15)20-10-21(20)29(40)35-25-11-24(16(2)36-37-25)41-17(3)23-14-38-13-19(18-5-6-18)9-22(28(38)34-23)32-12-26(39)30-4/h7-9,11,13-14,17-18,20-21,32,36-37H,5-6,10,12H2,1-4H3,(H,30,39)(H,35,40)/t17?,20-,21-/m0/s1. The topological polar surface area (TPSA) is 147 Å². The van der Waals surface area contributed by atoms with Gasteiger partial charge in [0.25, 0.3) is 0 Å². The maximum Gasteiger partial charge on any atom is 0.239 e. The largest absolute Gasteiger partial charge is 0.482 e. The molecule has 0 bridgehead atoms. The van der Waals surface area contributed by atoms with Crippen LogP contribution in [0, 0.1) is 12.8 Å². The summed E-state index contributed by atoms with van der Waals surface area (Å²) in [7, 11) is 1.62. The molecule has 0 spiro atoms. The summed E-state index contributed by atoms with van der Waals surface area (Å²) in [5.41, 5.74) is 11.3. The molecule has 12 heteroatoms. The van der Waals surface area contributed by atoms with E-state index in [0.717, 1.165) is 34.8 Å². The zero-order valence-electron chi connectivity index (χ0n) is 23.6. The van der Waals surface area contributed by atoms with Gasteiger partial charge in [-0.3, -0.25) is 15.0 Å². The number of hydrogen-bond acceptors (Lipinski definition) is 9. The second-order valence-electron chi connectivity index (χ2n) is 10.9. The van der Waals surface area contributed by atoms with E-state index < -0.39 is 0 Å². The minimum atomic E-state index is -0.379. The Hall–Kier alpha value is -4.61. The number of fused-ring (bicyclic) bond motifs is 1. The summed E-state index contributed by atoms with van der Waals surface area (Å²) in [5.74, 6) is 2.04. The Labute approximate surface area is 238 Å². The number of hydrogen-bond donors (Lipinski definition) is 5. The third-order valence-electron chi connectivity index (χ3n) is 7.64. The van der Waals surface area contributed by atoms with Gasteiger partial charge in [0.1, 0.15) is 23.5 Å². The number of likely N-dealkylation sites (N-methyl/N-ethyl adjacent to an activating group) is 1. The number of pyridine rings is 1. The van der Waals surface area contributed by atoms with Gasteiger partial charge in [0.05, 0.1) is 23.6 Å². The molecular weight excluding hydrogens is 522 g/mol. The molecule has 5 N–H and O–H groups in total. The van der Waals surface area contributed by atoms with Crippen LogP contribution < -0.4 is 26.8 Å². The summed E-state index contributed by atoms with van der Waals surface area (Å²) in [5, 5.41) is 8.83. The van der Waals surface area contributed by atoms with Crippen molar-refractivity contribution >= 4 is 23.1 Å². The van der Waals surface area contributed by atoms with Gasteiger partial charge < -0.3 is 30.5 Å². The van der Waals surface area contributed by atoms with Crippen LogP contribution in [0.25, 0.3) is 5.65 Å². The molecule has 2 fully saturated rings. The summed E-state index contributed by atoms with van der Waals surface area (Å²) < 4.78 is 8.33. The van der Waals surface area contributed by atoms with E-state index in [0.29, 0.717) is 23.3 Å². The van der Waals surface area contributed by atoms with E-state index in [1.165, 1.54) is 18.4 Å². The average Bonchev–Trinajstić information content (AvgIpc) is 3.89. The number of rotatable bonds is 10. The van der Waals surface area contributed by atoms with E-state index in [2.05, 4.69) is 49.0 Å². The van der Waals surface area contributed by atoms with Crippen molar-refractivity contribution in [2.24, 2.45) is 5.92 Å². The predicted molar refractivity (Wildman–Crippen MR) is 152 cm³/mol. The number of carbonyl (C=O) groups is 2. The van der Waals surface area contributed by atoms with Crippen LogP contribution in [-0.2, 0) is 14.3 Å². The summed E-state index contributed by atoms with van der Waals surface area (Å²) in [4.78, 5) is 38.4. The maximum atomic E-state index is 12.9. The Balaban J connectivity index is 1.15. The van der Waals surface area contributed by atoms with Crippen LogP contribution in [0.5, 0.6) is 0 Å². The monoisotopic (exact) mass is 557 g/mol. The average molecular weight is 558 g/mol. The van der Waals surface area contributed by atoms with Gasteiger partial charge in [-0.1, -0.05) is 0 Å². The second-order valence-corrected chi connectivity index (χ2v) is 10.9. The molecule has 12 nitrogen and oxygen atoms in total. The van der Waals surface area contributed by atoms with E-state index in [1.807, 2.05) is 37.4 Å². The molecule has 214 valence electrons. The van der Waals surface area contributed by atoms with Crippen LogP contribution in [-0.4, -0.2) is 44.8 Å². The number of imidazole rings is 1. The molecule has 4 heterocycles. The number of amides is 2. The first kappa shape index (κ1) is 26.6. The Morgan fingerprint density at radius 3 is 2.78 bits per heavy atom. The number of anilines is 1. The van der Waals surface area contributed by atoms with Crippen LogP contribution in [0.3, 0.4) is 0 Å². The van der Waals surface area contributed by atoms with E-state index in [4.69, 9.17) is 9.72 Å². The molecule has 2 amide bonds. The molecule has 3 aromatic heterocycles. The van der Waals surface area contributed by atoms with E-state index in [9.17, 15) is 9.59 Å². The highest BCUT2D eigenvalue weighted by Gasteiger charge is 2.46. The molecule has 6 rings (SSSR count). The van der Waals surface area contributed by atoms with Crippen molar-refractivity contribution in [1.29, 1.82) is 0 Å². The lowest BCUT2D eigenvalue weighted by Gasteiger charge is -2.24. The quantitative estimate of drug-likeness (QED) is 0.254. The van der Waals surface area contributed by atoms with E-state index in [-0.39, 0.29) is 36.3 Å². The normalized spacial score (nSPS) is 20.4. The van der Waals surface area contributed by atoms with Gasteiger partial charge in [-0.05, 0) is 63.6 Å². The Morgan fingerprint density at radius 1 is 1.20 bits per heavy atom. The fourth-order valence-corrected chi connectivity index (χ4v) is 4.95. The second kappa shape index (κ2) is 10.8. The van der Waals surface area contributed by atoms with Gasteiger partial charge in [0.15, 0.2) is 5.65 Å². The van der Waals surface area contributed by atoms with Gasteiger partial charge in [-0.2, -0.15) is 0 Å². The minimum Gasteiger partial charge on any atom is -0.482 e. The van der Waals surface area contributed by atoms with Crippen molar-refractivity contribution in [2.45, 2.75) is 58.0 Å². The lowest BCUT2D eigenvalue weighted by atomic mass is 10.2. The SMILES string of the molecule is CNC(=O)CNc1cc(C2CC2)cn2cc(C(C)OC3=C(C)NNC(NC(=O)[C@H]4C[C@@H]4c4nccc(C)n4)=C3)nc12. The van der Waals surface area contributed by atoms with Gasteiger partial charge in [0, 0.05) is 49.2 Å². The van der Waals surface area contributed by atoms with Crippen molar-refractivity contribution in [3.8, 4) is 0 Å². The van der Waals surface area contributed by atoms with Crippen molar-refractivity contribution < 1.29 is 14.3 Å². The molecule has 3 aromatic rings. The number of nitrogens with one attached hydrogen (secondary N) is 5. The first-order valence-electron chi connectivity index (χ1n) is 14.0. The number of hydrazine groups is 1. The third-order valence-corrected chi connectivity index (χ3v) is 7.64. The molecular formula is C29H35N9O3. The molecule has 1 aliphatic heterocycles. The molecule has 0 aromatic carbocycles. The maximum absolute atomic E-state index is 12.9. The van der Waals surface area contributed by atoms with Gasteiger partial charge in [-0.15, -0.1) is 0 Å². The summed E-state index contributed by atoms with van der Waals surface area (Å²) in [6, 6.07) is 3.94. The van der Waals surface area contributed by atoms with Crippen LogP contribution in [0.4, 0.5) is 5.69 Å². The van der Waals surface area contributed by atoms with Crippen molar-refractivity contribution in [3.63, 3.8) is 0 Å². The van der Waals surface area contributed by atoms with Crippen molar-refractivity contribution in [2.75, 3.05) is 18.9 Å². The lowest BCUT2D eigenvalue weighted by Crippen LogP contribution is -2.42. The highest BCUT2D eigenvalue weighted by molar-refractivity contribution is 5.84.